The fraction of sp³-hybridized carbons (Fsp3) is 0.667. The van der Waals surface area contributed by atoms with Gasteiger partial charge < -0.3 is 0 Å². The van der Waals surface area contributed by atoms with Crippen LogP contribution in [0.1, 0.15) is 19.8 Å². The predicted molar refractivity (Wildman–Crippen MR) is 37.7 cm³/mol. The van der Waals surface area contributed by atoms with Crippen molar-refractivity contribution in [3.05, 3.63) is 0 Å². The van der Waals surface area contributed by atoms with Gasteiger partial charge in [0, 0.05) is 0 Å². The molecule has 0 fully saturated rings. The van der Waals surface area contributed by atoms with Crippen LogP contribution in [0.3, 0.4) is 0 Å². The van der Waals surface area contributed by atoms with Gasteiger partial charge >= 0.3 is 0 Å². The Labute approximate surface area is 64.1 Å². The highest BCUT2D eigenvalue weighted by atomic mass is 35.5. The van der Waals surface area contributed by atoms with Gasteiger partial charge in [0.1, 0.15) is 6.04 Å². The second-order valence-electron chi connectivity index (χ2n) is 1.83. The Hall–Kier alpha value is -0.660. The van der Waals surface area contributed by atoms with E-state index >= 15 is 0 Å². The Morgan fingerprint density at radius 3 is 2.70 bits per heavy atom. The first-order valence-corrected chi connectivity index (χ1v) is 3.36. The summed E-state index contributed by atoms with van der Waals surface area (Å²) in [7, 11) is 0. The molecule has 0 saturated carbocycles. The van der Waals surface area contributed by atoms with E-state index in [0.29, 0.717) is 6.42 Å². The summed E-state index contributed by atoms with van der Waals surface area (Å²) >= 11 is 5.09. The topological polar surface area (TPSA) is 46.5 Å². The molecule has 1 unspecified atom stereocenters. The van der Waals surface area contributed by atoms with E-state index in [1.54, 1.807) is 0 Å². The van der Waals surface area contributed by atoms with Gasteiger partial charge in [-0.05, 0) is 18.0 Å². The molecular formula is C6H8ClNO2. The van der Waals surface area contributed by atoms with Gasteiger partial charge in [0.25, 0.3) is 0 Å². The summed E-state index contributed by atoms with van der Waals surface area (Å²) in [6.07, 6.45) is 2.59. The van der Waals surface area contributed by atoms with Gasteiger partial charge in [-0.25, -0.2) is 4.79 Å². The van der Waals surface area contributed by atoms with Crippen molar-refractivity contribution in [2.24, 2.45) is 4.99 Å². The third-order valence-corrected chi connectivity index (χ3v) is 1.28. The summed E-state index contributed by atoms with van der Waals surface area (Å²) in [5.41, 5.74) is 0. The van der Waals surface area contributed by atoms with E-state index in [9.17, 15) is 9.59 Å². The van der Waals surface area contributed by atoms with Crippen molar-refractivity contribution in [1.82, 2.24) is 0 Å². The van der Waals surface area contributed by atoms with E-state index in [2.05, 4.69) is 4.99 Å². The van der Waals surface area contributed by atoms with Crippen molar-refractivity contribution >= 4 is 22.9 Å². The van der Waals surface area contributed by atoms with Gasteiger partial charge in [0.2, 0.25) is 11.3 Å². The number of carbonyl (C=O) groups is 1. The van der Waals surface area contributed by atoms with Gasteiger partial charge in [0.15, 0.2) is 0 Å². The second-order valence-corrected chi connectivity index (χ2v) is 2.20. The molecule has 56 valence electrons. The first-order valence-electron chi connectivity index (χ1n) is 2.98. The monoisotopic (exact) mass is 161 g/mol. The molecule has 0 aromatic heterocycles. The van der Waals surface area contributed by atoms with Crippen LogP contribution in [0, 0.1) is 0 Å². The molecule has 1 atom stereocenters. The molecule has 0 aromatic rings. The highest BCUT2D eigenvalue weighted by Gasteiger charge is 2.12. The normalized spacial score (nSPS) is 11.8. The molecule has 3 nitrogen and oxygen atoms in total. The zero-order valence-electron chi connectivity index (χ0n) is 5.63. The van der Waals surface area contributed by atoms with Crippen LogP contribution in [0.4, 0.5) is 0 Å². The maximum absolute atomic E-state index is 10.4. The fourth-order valence-corrected chi connectivity index (χ4v) is 0.724. The summed E-state index contributed by atoms with van der Waals surface area (Å²) in [5.74, 6) is 0. The molecule has 0 N–H and O–H groups in total. The summed E-state index contributed by atoms with van der Waals surface area (Å²) in [6.45, 7) is 1.88. The molecule has 0 heterocycles. The van der Waals surface area contributed by atoms with Gasteiger partial charge in [-0.3, -0.25) is 4.79 Å². The lowest BCUT2D eigenvalue weighted by Crippen LogP contribution is -2.11. The van der Waals surface area contributed by atoms with Gasteiger partial charge in [-0.15, -0.1) is 0 Å². The third-order valence-electron chi connectivity index (χ3n) is 1.03. The largest absolute Gasteiger partial charge is 0.279 e. The molecule has 4 heteroatoms. The zero-order valence-corrected chi connectivity index (χ0v) is 6.39. The smallest absolute Gasteiger partial charge is 0.247 e. The number of hydrogen-bond acceptors (Lipinski definition) is 3. The van der Waals surface area contributed by atoms with Crippen LogP contribution in [-0.4, -0.2) is 17.4 Å². The molecule has 0 rings (SSSR count). The van der Waals surface area contributed by atoms with Crippen molar-refractivity contribution in [1.29, 1.82) is 0 Å². The SMILES string of the molecule is CCCC(N=C=O)C(=O)Cl. The Morgan fingerprint density at radius 2 is 2.40 bits per heavy atom. The lowest BCUT2D eigenvalue weighted by molar-refractivity contribution is -0.112. The minimum absolute atomic E-state index is 0.511. The molecule has 0 bridgehead atoms. The molecular weight excluding hydrogens is 154 g/mol. The summed E-state index contributed by atoms with van der Waals surface area (Å²) in [6, 6.07) is -0.691. The molecule has 0 amide bonds. The van der Waals surface area contributed by atoms with Crippen LogP contribution in [0.25, 0.3) is 0 Å². The third kappa shape index (κ3) is 3.38. The lowest BCUT2D eigenvalue weighted by Gasteiger charge is -1.99. The Bertz CT molecular complexity index is 161. The van der Waals surface area contributed by atoms with Gasteiger partial charge in [-0.2, -0.15) is 4.99 Å². The number of isocyanates is 1. The summed E-state index contributed by atoms with van der Waals surface area (Å²) in [5, 5.41) is -0.592. The van der Waals surface area contributed by atoms with E-state index in [4.69, 9.17) is 11.6 Å². The molecule has 10 heavy (non-hydrogen) atoms. The average Bonchev–Trinajstić information content (AvgIpc) is 1.87. The van der Waals surface area contributed by atoms with Crippen LogP contribution >= 0.6 is 11.6 Å². The minimum atomic E-state index is -0.691. The first-order chi connectivity index (χ1) is 4.72. The number of aliphatic imine (C=N–C) groups is 1. The zero-order chi connectivity index (χ0) is 7.98. The number of rotatable bonds is 4. The second kappa shape index (κ2) is 5.15. The maximum atomic E-state index is 10.4. The van der Waals surface area contributed by atoms with Crippen LogP contribution < -0.4 is 0 Å². The van der Waals surface area contributed by atoms with Crippen LogP contribution in [0.2, 0.25) is 0 Å². The van der Waals surface area contributed by atoms with E-state index in [1.165, 1.54) is 6.08 Å². The predicted octanol–water partition coefficient (Wildman–Crippen LogP) is 1.26. The first kappa shape index (κ1) is 9.34. The van der Waals surface area contributed by atoms with Gasteiger partial charge in [-0.1, -0.05) is 13.3 Å². The quantitative estimate of drug-likeness (QED) is 0.354. The van der Waals surface area contributed by atoms with E-state index < -0.39 is 11.3 Å². The van der Waals surface area contributed by atoms with Crippen LogP contribution in [0.15, 0.2) is 4.99 Å². The number of carbonyl (C=O) groups excluding carboxylic acids is 2. The van der Waals surface area contributed by atoms with Crippen molar-refractivity contribution in [3.8, 4) is 0 Å². The minimum Gasteiger partial charge on any atom is -0.279 e. The summed E-state index contributed by atoms with van der Waals surface area (Å²) in [4.78, 5) is 23.3. The van der Waals surface area contributed by atoms with Gasteiger partial charge in [0.05, 0.1) is 0 Å². The fourth-order valence-electron chi connectivity index (χ4n) is 0.566. The molecule has 0 saturated heterocycles. The van der Waals surface area contributed by atoms with Crippen molar-refractivity contribution in [3.63, 3.8) is 0 Å². The molecule has 0 aromatic carbocycles. The molecule has 0 aliphatic rings. The lowest BCUT2D eigenvalue weighted by atomic mass is 10.2. The molecule has 0 radical (unpaired) electrons. The maximum Gasteiger partial charge on any atom is 0.247 e. The highest BCUT2D eigenvalue weighted by molar-refractivity contribution is 6.64. The van der Waals surface area contributed by atoms with Crippen molar-refractivity contribution in [2.75, 3.05) is 0 Å². The van der Waals surface area contributed by atoms with Crippen LogP contribution in [0.5, 0.6) is 0 Å². The summed E-state index contributed by atoms with van der Waals surface area (Å²) < 4.78 is 0. The standard InChI is InChI=1S/C6H8ClNO2/c1-2-3-5(6(7)10)8-4-9/h5H,2-3H2,1H3. The number of hydrogen-bond donors (Lipinski definition) is 0. The van der Waals surface area contributed by atoms with Crippen molar-refractivity contribution in [2.45, 2.75) is 25.8 Å². The Balaban J connectivity index is 3.97. The average molecular weight is 162 g/mol. The molecule has 0 aliphatic heterocycles. The Kier molecular flexibility index (Phi) is 4.81. The van der Waals surface area contributed by atoms with Crippen molar-refractivity contribution < 1.29 is 9.59 Å². The van der Waals surface area contributed by atoms with E-state index in [-0.39, 0.29) is 0 Å². The highest BCUT2D eigenvalue weighted by Crippen LogP contribution is 2.04. The molecule has 0 aliphatic carbocycles. The number of halogens is 1. The van der Waals surface area contributed by atoms with E-state index in [0.717, 1.165) is 6.42 Å². The molecule has 0 spiro atoms. The van der Waals surface area contributed by atoms with Crippen LogP contribution in [-0.2, 0) is 9.59 Å². The van der Waals surface area contributed by atoms with E-state index in [1.807, 2.05) is 6.92 Å². The Morgan fingerprint density at radius 1 is 1.80 bits per heavy atom. The number of nitrogens with zero attached hydrogens (tertiary/aromatic N) is 1.